The van der Waals surface area contributed by atoms with Crippen molar-refractivity contribution in [2.75, 3.05) is 23.3 Å². The van der Waals surface area contributed by atoms with E-state index in [1.807, 2.05) is 60.7 Å². The first-order valence-corrected chi connectivity index (χ1v) is 16.7. The van der Waals surface area contributed by atoms with Gasteiger partial charge in [-0.25, -0.2) is 0 Å². The highest BCUT2D eigenvalue weighted by atomic mass is 16.3. The van der Waals surface area contributed by atoms with E-state index in [9.17, 15) is 33.9 Å². The number of aliphatic hydroxyl groups excluding tert-OH is 1. The van der Waals surface area contributed by atoms with Gasteiger partial charge in [0.25, 0.3) is 0 Å². The summed E-state index contributed by atoms with van der Waals surface area (Å²) in [5, 5.41) is 21.9. The molecule has 1 unspecified atom stereocenters. The van der Waals surface area contributed by atoms with Gasteiger partial charge in [-0.3, -0.25) is 28.8 Å². The third-order valence-corrected chi connectivity index (χ3v) is 8.23. The third-order valence-electron chi connectivity index (χ3n) is 8.23. The molecule has 3 aromatic rings. The van der Waals surface area contributed by atoms with Gasteiger partial charge in [0.2, 0.25) is 35.4 Å². The van der Waals surface area contributed by atoms with Crippen molar-refractivity contribution in [3.63, 3.8) is 0 Å². The molecule has 0 saturated carbocycles. The molecular weight excluding hydrogens is 652 g/mol. The van der Waals surface area contributed by atoms with Crippen molar-refractivity contribution in [2.24, 2.45) is 5.92 Å². The van der Waals surface area contributed by atoms with E-state index in [2.05, 4.69) is 26.6 Å². The van der Waals surface area contributed by atoms with Crippen LogP contribution in [-0.2, 0) is 41.9 Å². The molecule has 13 heteroatoms. The van der Waals surface area contributed by atoms with E-state index >= 15 is 0 Å². The first-order chi connectivity index (χ1) is 24.4. The number of anilines is 2. The molecule has 0 saturated heterocycles. The van der Waals surface area contributed by atoms with E-state index in [4.69, 9.17) is 0 Å². The Kier molecular flexibility index (Phi) is 13.6. The summed E-state index contributed by atoms with van der Waals surface area (Å²) in [6.07, 6.45) is 3.76. The molecule has 268 valence electrons. The number of rotatable bonds is 14. The van der Waals surface area contributed by atoms with Crippen molar-refractivity contribution in [1.29, 1.82) is 0 Å². The second-order valence-electron chi connectivity index (χ2n) is 12.5. The summed E-state index contributed by atoms with van der Waals surface area (Å²) in [6.45, 7) is 4.31. The smallest absolute Gasteiger partial charge is 0.246 e. The first-order valence-electron chi connectivity index (χ1n) is 16.7. The van der Waals surface area contributed by atoms with Crippen LogP contribution in [0.25, 0.3) is 12.2 Å². The zero-order valence-corrected chi connectivity index (χ0v) is 28.9. The van der Waals surface area contributed by atoms with Crippen molar-refractivity contribution in [1.82, 2.24) is 21.3 Å². The second kappa shape index (κ2) is 18.3. The highest BCUT2D eigenvalue weighted by molar-refractivity contribution is 6.00. The van der Waals surface area contributed by atoms with Crippen LogP contribution < -0.4 is 31.5 Å². The molecule has 3 aromatic carbocycles. The van der Waals surface area contributed by atoms with Crippen molar-refractivity contribution >= 4 is 59.0 Å². The summed E-state index contributed by atoms with van der Waals surface area (Å²) in [4.78, 5) is 78.2. The van der Waals surface area contributed by atoms with Gasteiger partial charge in [-0.15, -0.1) is 0 Å². The lowest BCUT2D eigenvalue weighted by Gasteiger charge is -2.27. The van der Waals surface area contributed by atoms with Gasteiger partial charge in [0.1, 0.15) is 12.1 Å². The summed E-state index contributed by atoms with van der Waals surface area (Å²) >= 11 is 0. The minimum atomic E-state index is -0.990. The Hall–Kier alpha value is -5.82. The number of benzene rings is 3. The van der Waals surface area contributed by atoms with E-state index in [-0.39, 0.29) is 31.3 Å². The maximum Gasteiger partial charge on any atom is 0.246 e. The number of nitrogens with zero attached hydrogens (tertiary/aromatic N) is 1. The van der Waals surface area contributed by atoms with Crippen LogP contribution >= 0.6 is 0 Å². The average molecular weight is 697 g/mol. The SMILES string of the molecule is CC(NC(=O)[C@@H](NC(=O)CNC(=O)CNC(=O)CCC(=O)N1Cc2ccccc2/C=C\c2ccccc21)C(C)C)C(=O)Nc1ccc(CO)cc1. The number of carbonyl (C=O) groups is 6. The van der Waals surface area contributed by atoms with Crippen LogP contribution in [0.4, 0.5) is 11.4 Å². The lowest BCUT2D eigenvalue weighted by molar-refractivity contribution is -0.132. The predicted octanol–water partition coefficient (Wildman–Crippen LogP) is 2.49. The monoisotopic (exact) mass is 696 g/mol. The Morgan fingerprint density at radius 3 is 2.04 bits per heavy atom. The van der Waals surface area contributed by atoms with Crippen molar-refractivity contribution in [2.45, 2.75) is 58.8 Å². The molecule has 0 spiro atoms. The molecule has 6 N–H and O–H groups in total. The number of aliphatic hydroxyl groups is 1. The molecule has 1 aliphatic heterocycles. The average Bonchev–Trinajstić information content (AvgIpc) is 3.12. The Balaban J connectivity index is 1.19. The number of hydrogen-bond donors (Lipinski definition) is 6. The van der Waals surface area contributed by atoms with E-state index in [1.54, 1.807) is 43.0 Å². The normalized spacial score (nSPS) is 13.6. The van der Waals surface area contributed by atoms with Crippen LogP contribution in [0, 0.1) is 5.92 Å². The molecule has 0 aliphatic carbocycles. The molecule has 0 fully saturated rings. The lowest BCUT2D eigenvalue weighted by atomic mass is 10.0. The Bertz CT molecular complexity index is 1770. The Labute approximate surface area is 296 Å². The molecule has 0 bridgehead atoms. The quantitative estimate of drug-likeness (QED) is 0.150. The third kappa shape index (κ3) is 11.1. The predicted molar refractivity (Wildman–Crippen MR) is 194 cm³/mol. The van der Waals surface area contributed by atoms with Crippen molar-refractivity contribution in [3.8, 4) is 0 Å². The zero-order valence-electron chi connectivity index (χ0n) is 28.9. The molecule has 51 heavy (non-hydrogen) atoms. The van der Waals surface area contributed by atoms with Gasteiger partial charge in [-0.2, -0.15) is 0 Å². The molecule has 2 atom stereocenters. The molecule has 6 amide bonds. The molecular formula is C38H44N6O7. The van der Waals surface area contributed by atoms with Crippen LogP contribution in [0.15, 0.2) is 72.8 Å². The van der Waals surface area contributed by atoms with E-state index in [1.165, 1.54) is 6.92 Å². The second-order valence-corrected chi connectivity index (χ2v) is 12.5. The molecule has 1 aliphatic rings. The summed E-state index contributed by atoms with van der Waals surface area (Å²) in [5.74, 6) is -3.40. The summed E-state index contributed by atoms with van der Waals surface area (Å²) in [5.41, 5.74) is 4.77. The number of carbonyl (C=O) groups excluding carboxylic acids is 6. The maximum absolute atomic E-state index is 13.4. The molecule has 0 aromatic heterocycles. The van der Waals surface area contributed by atoms with Crippen LogP contribution in [0.1, 0.15) is 55.9 Å². The Morgan fingerprint density at radius 1 is 0.706 bits per heavy atom. The van der Waals surface area contributed by atoms with Gasteiger partial charge in [0, 0.05) is 18.5 Å². The van der Waals surface area contributed by atoms with Crippen LogP contribution in [0.2, 0.25) is 0 Å². The van der Waals surface area contributed by atoms with E-state index in [0.717, 1.165) is 22.4 Å². The van der Waals surface area contributed by atoms with Crippen LogP contribution in [-0.4, -0.2) is 65.7 Å². The van der Waals surface area contributed by atoms with Crippen LogP contribution in [0.3, 0.4) is 0 Å². The van der Waals surface area contributed by atoms with Gasteiger partial charge in [-0.1, -0.05) is 80.6 Å². The molecule has 0 radical (unpaired) electrons. The topological polar surface area (TPSA) is 186 Å². The van der Waals surface area contributed by atoms with Gasteiger partial charge < -0.3 is 36.6 Å². The number of hydrogen-bond acceptors (Lipinski definition) is 7. The van der Waals surface area contributed by atoms with Gasteiger partial charge in [0.05, 0.1) is 31.9 Å². The molecule has 13 nitrogen and oxygen atoms in total. The van der Waals surface area contributed by atoms with E-state index < -0.39 is 54.7 Å². The number of para-hydroxylation sites is 1. The van der Waals surface area contributed by atoms with Gasteiger partial charge >= 0.3 is 0 Å². The molecule has 4 rings (SSSR count). The maximum atomic E-state index is 13.4. The van der Waals surface area contributed by atoms with Crippen molar-refractivity contribution in [3.05, 3.63) is 95.1 Å². The van der Waals surface area contributed by atoms with Gasteiger partial charge in [0.15, 0.2) is 0 Å². The summed E-state index contributed by atoms with van der Waals surface area (Å²) < 4.78 is 0. The highest BCUT2D eigenvalue weighted by Gasteiger charge is 2.27. The summed E-state index contributed by atoms with van der Waals surface area (Å²) in [6, 6.07) is 20.0. The van der Waals surface area contributed by atoms with Crippen molar-refractivity contribution < 1.29 is 33.9 Å². The number of nitrogens with one attached hydrogen (secondary N) is 5. The molecule has 1 heterocycles. The summed E-state index contributed by atoms with van der Waals surface area (Å²) in [7, 11) is 0. The van der Waals surface area contributed by atoms with Gasteiger partial charge in [-0.05, 0) is 53.3 Å². The highest BCUT2D eigenvalue weighted by Crippen LogP contribution is 2.29. The fourth-order valence-electron chi connectivity index (χ4n) is 5.31. The zero-order chi connectivity index (χ0) is 36.9. The first kappa shape index (κ1) is 38.0. The fraction of sp³-hybridized carbons (Fsp3) is 0.316. The van der Waals surface area contributed by atoms with Crippen LogP contribution in [0.5, 0.6) is 0 Å². The minimum Gasteiger partial charge on any atom is -0.392 e. The number of fused-ring (bicyclic) bond motifs is 2. The Morgan fingerprint density at radius 2 is 1.33 bits per heavy atom. The minimum absolute atomic E-state index is 0.0767. The largest absolute Gasteiger partial charge is 0.392 e. The fourth-order valence-corrected chi connectivity index (χ4v) is 5.31. The number of amides is 6. The lowest BCUT2D eigenvalue weighted by Crippen LogP contribution is -2.55. The standard InChI is InChI=1S/C38H44N6O7/c1-24(2)36(38(51)41-25(3)37(50)42-30-16-12-26(23-45)13-17-30)43-34(48)21-40-33(47)20-39-32(46)18-19-35(49)44-22-29-10-5-4-8-27(29)14-15-28-9-6-7-11-31(28)44/h4-17,24-25,36,45H,18-23H2,1-3H3,(H,39,46)(H,40,47)(H,41,51)(H,42,50)(H,43,48)/b15-14-/t25?,36-/m0/s1. The van der Waals surface area contributed by atoms with E-state index in [0.29, 0.717) is 17.8 Å².